The average Bonchev–Trinajstić information content (AvgIpc) is 2.89. The maximum Gasteiger partial charge on any atom is 0.185 e. The minimum atomic E-state index is 0.803. The van der Waals surface area contributed by atoms with Crippen LogP contribution < -0.4 is 4.90 Å². The van der Waals surface area contributed by atoms with E-state index in [1.807, 2.05) is 12.1 Å². The zero-order valence-electron chi connectivity index (χ0n) is 11.6. The molecule has 0 spiro atoms. The molecule has 0 atom stereocenters. The molecule has 1 aliphatic rings. The summed E-state index contributed by atoms with van der Waals surface area (Å²) in [6, 6.07) is 8.15. The van der Waals surface area contributed by atoms with Crippen molar-refractivity contribution in [1.82, 2.24) is 9.88 Å². The van der Waals surface area contributed by atoms with Crippen LogP contribution in [0.1, 0.15) is 11.3 Å². The predicted octanol–water partition coefficient (Wildman–Crippen LogP) is 3.43. The molecule has 0 N–H and O–H groups in total. The van der Waals surface area contributed by atoms with Crippen molar-refractivity contribution in [2.24, 2.45) is 0 Å². The molecule has 0 bridgehead atoms. The first-order valence-corrected chi connectivity index (χ1v) is 8.10. The highest BCUT2D eigenvalue weighted by molar-refractivity contribution is 7.13. The van der Waals surface area contributed by atoms with E-state index in [1.165, 1.54) is 5.56 Å². The molecule has 0 saturated carbocycles. The second-order valence-electron chi connectivity index (χ2n) is 5.16. The molecule has 0 amide bonds. The highest BCUT2D eigenvalue weighted by Gasteiger charge is 2.19. The monoisotopic (exact) mass is 307 g/mol. The van der Waals surface area contributed by atoms with Crippen LogP contribution in [0.3, 0.4) is 0 Å². The number of hydrogen-bond donors (Lipinski definition) is 0. The van der Waals surface area contributed by atoms with Gasteiger partial charge in [-0.15, -0.1) is 11.3 Å². The number of piperazine rings is 1. The van der Waals surface area contributed by atoms with Crippen LogP contribution in [0.4, 0.5) is 5.13 Å². The molecule has 0 aliphatic carbocycles. The summed E-state index contributed by atoms with van der Waals surface area (Å²) in [7, 11) is 0. The number of aromatic nitrogens is 1. The van der Waals surface area contributed by atoms with Gasteiger partial charge in [0.2, 0.25) is 0 Å². The van der Waals surface area contributed by atoms with Crippen LogP contribution in [0, 0.1) is 6.92 Å². The van der Waals surface area contributed by atoms with Gasteiger partial charge in [-0.3, -0.25) is 4.90 Å². The van der Waals surface area contributed by atoms with Crippen LogP contribution in [0.15, 0.2) is 29.6 Å². The Morgan fingerprint density at radius 1 is 1.15 bits per heavy atom. The van der Waals surface area contributed by atoms with E-state index >= 15 is 0 Å². The van der Waals surface area contributed by atoms with Gasteiger partial charge in [-0.05, 0) is 24.6 Å². The molecule has 3 rings (SSSR count). The standard InChI is InChI=1S/C15H18ClN3S/c1-12-11-20-15(17-12)19-8-6-18(7-9-19)10-13-2-4-14(16)5-3-13/h2-5,11H,6-10H2,1H3. The molecule has 1 aliphatic heterocycles. The smallest absolute Gasteiger partial charge is 0.185 e. The van der Waals surface area contributed by atoms with E-state index in [2.05, 4.69) is 39.2 Å². The van der Waals surface area contributed by atoms with Gasteiger partial charge >= 0.3 is 0 Å². The van der Waals surface area contributed by atoms with E-state index in [1.54, 1.807) is 11.3 Å². The lowest BCUT2D eigenvalue weighted by Crippen LogP contribution is -2.45. The first kappa shape index (κ1) is 13.9. The second kappa shape index (κ2) is 6.12. The van der Waals surface area contributed by atoms with E-state index in [0.717, 1.165) is 48.6 Å². The molecule has 2 aromatic rings. The lowest BCUT2D eigenvalue weighted by Gasteiger charge is -2.34. The summed E-state index contributed by atoms with van der Waals surface area (Å²) in [4.78, 5) is 9.44. The number of rotatable bonds is 3. The van der Waals surface area contributed by atoms with Crippen LogP contribution in [0.2, 0.25) is 5.02 Å². The Bertz CT molecular complexity index is 559. The number of hydrogen-bond acceptors (Lipinski definition) is 4. The number of benzene rings is 1. The van der Waals surface area contributed by atoms with E-state index < -0.39 is 0 Å². The molecule has 1 fully saturated rings. The summed E-state index contributed by atoms with van der Waals surface area (Å²) in [5.74, 6) is 0. The highest BCUT2D eigenvalue weighted by atomic mass is 35.5. The molecule has 20 heavy (non-hydrogen) atoms. The van der Waals surface area contributed by atoms with E-state index in [4.69, 9.17) is 11.6 Å². The number of thiazole rings is 1. The Morgan fingerprint density at radius 2 is 1.85 bits per heavy atom. The van der Waals surface area contributed by atoms with Gasteiger partial charge in [-0.2, -0.15) is 0 Å². The van der Waals surface area contributed by atoms with Crippen molar-refractivity contribution >= 4 is 28.1 Å². The molecule has 1 aromatic heterocycles. The molecule has 1 aromatic carbocycles. The van der Waals surface area contributed by atoms with Gasteiger partial charge in [-0.1, -0.05) is 23.7 Å². The largest absolute Gasteiger partial charge is 0.346 e. The number of halogens is 1. The van der Waals surface area contributed by atoms with Crippen LogP contribution in [-0.2, 0) is 6.54 Å². The zero-order valence-corrected chi connectivity index (χ0v) is 13.1. The van der Waals surface area contributed by atoms with Crippen molar-refractivity contribution in [3.8, 4) is 0 Å². The van der Waals surface area contributed by atoms with Gasteiger partial charge < -0.3 is 4.90 Å². The summed E-state index contributed by atoms with van der Waals surface area (Å²) in [5.41, 5.74) is 2.45. The van der Waals surface area contributed by atoms with Crippen molar-refractivity contribution in [3.63, 3.8) is 0 Å². The first-order chi connectivity index (χ1) is 9.70. The normalized spacial score (nSPS) is 16.6. The summed E-state index contributed by atoms with van der Waals surface area (Å²) in [5, 5.41) is 4.08. The molecule has 2 heterocycles. The fraction of sp³-hybridized carbons (Fsp3) is 0.400. The first-order valence-electron chi connectivity index (χ1n) is 6.84. The number of nitrogens with zero attached hydrogens (tertiary/aromatic N) is 3. The number of aryl methyl sites for hydroxylation is 1. The summed E-state index contributed by atoms with van der Waals surface area (Å²) >= 11 is 7.66. The second-order valence-corrected chi connectivity index (χ2v) is 6.43. The predicted molar refractivity (Wildman–Crippen MR) is 85.8 cm³/mol. The SMILES string of the molecule is Cc1csc(N2CCN(Cc3ccc(Cl)cc3)CC2)n1. The minimum absolute atomic E-state index is 0.803. The fourth-order valence-corrected chi connectivity index (χ4v) is 3.42. The molecular weight excluding hydrogens is 290 g/mol. The van der Waals surface area contributed by atoms with Crippen LogP contribution in [0.5, 0.6) is 0 Å². The Balaban J connectivity index is 1.54. The fourth-order valence-electron chi connectivity index (χ4n) is 2.43. The molecule has 1 saturated heterocycles. The summed E-state index contributed by atoms with van der Waals surface area (Å²) < 4.78 is 0. The van der Waals surface area contributed by atoms with Gasteiger partial charge in [-0.25, -0.2) is 4.98 Å². The average molecular weight is 308 g/mol. The highest BCUT2D eigenvalue weighted by Crippen LogP contribution is 2.22. The molecule has 5 heteroatoms. The third-order valence-electron chi connectivity index (χ3n) is 3.57. The van der Waals surface area contributed by atoms with E-state index in [9.17, 15) is 0 Å². The maximum absolute atomic E-state index is 5.92. The van der Waals surface area contributed by atoms with Gasteiger partial charge in [0.15, 0.2) is 5.13 Å². The molecule has 106 valence electrons. The number of anilines is 1. The van der Waals surface area contributed by atoms with Gasteiger partial charge in [0.1, 0.15) is 0 Å². The van der Waals surface area contributed by atoms with Crippen LogP contribution in [0.25, 0.3) is 0 Å². The van der Waals surface area contributed by atoms with Gasteiger partial charge in [0.05, 0.1) is 5.69 Å². The van der Waals surface area contributed by atoms with E-state index in [0.29, 0.717) is 0 Å². The van der Waals surface area contributed by atoms with Crippen molar-refractivity contribution in [2.45, 2.75) is 13.5 Å². The summed E-state index contributed by atoms with van der Waals surface area (Å²) in [6.07, 6.45) is 0. The Kier molecular flexibility index (Phi) is 4.24. The molecule has 3 nitrogen and oxygen atoms in total. The lowest BCUT2D eigenvalue weighted by atomic mass is 10.2. The van der Waals surface area contributed by atoms with Crippen LogP contribution in [-0.4, -0.2) is 36.1 Å². The van der Waals surface area contributed by atoms with Crippen molar-refractivity contribution in [2.75, 3.05) is 31.1 Å². The quantitative estimate of drug-likeness (QED) is 0.866. The van der Waals surface area contributed by atoms with Crippen molar-refractivity contribution in [1.29, 1.82) is 0 Å². The van der Waals surface area contributed by atoms with Crippen LogP contribution >= 0.6 is 22.9 Å². The minimum Gasteiger partial charge on any atom is -0.346 e. The summed E-state index contributed by atoms with van der Waals surface area (Å²) in [6.45, 7) is 7.34. The van der Waals surface area contributed by atoms with E-state index in [-0.39, 0.29) is 0 Å². The maximum atomic E-state index is 5.92. The topological polar surface area (TPSA) is 19.4 Å². The van der Waals surface area contributed by atoms with Gasteiger partial charge in [0, 0.05) is 43.1 Å². The molecular formula is C15H18ClN3S. The van der Waals surface area contributed by atoms with Crippen molar-refractivity contribution in [3.05, 3.63) is 45.9 Å². The van der Waals surface area contributed by atoms with Gasteiger partial charge in [0.25, 0.3) is 0 Å². The third-order valence-corrected chi connectivity index (χ3v) is 4.84. The molecule has 0 unspecified atom stereocenters. The molecule has 0 radical (unpaired) electrons. The lowest BCUT2D eigenvalue weighted by molar-refractivity contribution is 0.250. The Morgan fingerprint density at radius 3 is 2.45 bits per heavy atom. The third kappa shape index (κ3) is 3.32. The Labute approximate surface area is 128 Å². The van der Waals surface area contributed by atoms with Crippen molar-refractivity contribution < 1.29 is 0 Å². The zero-order chi connectivity index (χ0) is 13.9. The Hall–Kier alpha value is -1.10.